The predicted octanol–water partition coefficient (Wildman–Crippen LogP) is 1.85. The van der Waals surface area contributed by atoms with Gasteiger partial charge in [-0.2, -0.15) is 10.2 Å². The van der Waals surface area contributed by atoms with Crippen molar-refractivity contribution in [1.29, 1.82) is 0 Å². The third-order valence-electron chi connectivity index (χ3n) is 2.65. The first-order chi connectivity index (χ1) is 9.33. The van der Waals surface area contributed by atoms with Crippen LogP contribution in [0.2, 0.25) is 0 Å². The molecule has 2 aromatic heterocycles. The molecule has 0 spiro atoms. The smallest absolute Gasteiger partial charge is 0.256 e. The van der Waals surface area contributed by atoms with Crippen LogP contribution in [0.3, 0.4) is 0 Å². The van der Waals surface area contributed by atoms with Crippen LogP contribution in [-0.2, 0) is 0 Å². The summed E-state index contributed by atoms with van der Waals surface area (Å²) in [4.78, 5) is 11.9. The zero-order valence-electron chi connectivity index (χ0n) is 9.95. The first-order valence-electron chi connectivity index (χ1n) is 5.74. The van der Waals surface area contributed by atoms with Crippen molar-refractivity contribution in [3.05, 3.63) is 60.6 Å². The molecule has 0 atom stereocenters. The molecule has 0 bridgehead atoms. The van der Waals surface area contributed by atoms with Crippen LogP contribution in [0.5, 0.6) is 0 Å². The zero-order valence-corrected chi connectivity index (χ0v) is 9.95. The highest BCUT2D eigenvalue weighted by atomic mass is 16.1. The molecule has 0 saturated heterocycles. The van der Waals surface area contributed by atoms with Gasteiger partial charge in [-0.1, -0.05) is 0 Å². The summed E-state index contributed by atoms with van der Waals surface area (Å²) in [7, 11) is 0. The number of nitrogens with one attached hydrogen (secondary N) is 2. The van der Waals surface area contributed by atoms with E-state index in [9.17, 15) is 4.79 Å². The monoisotopic (exact) mass is 253 g/mol. The van der Waals surface area contributed by atoms with E-state index < -0.39 is 0 Å². The van der Waals surface area contributed by atoms with Gasteiger partial charge in [-0.15, -0.1) is 0 Å². The van der Waals surface area contributed by atoms with Crippen LogP contribution in [-0.4, -0.2) is 25.9 Å². The Morgan fingerprint density at radius 3 is 2.63 bits per heavy atom. The van der Waals surface area contributed by atoms with E-state index in [4.69, 9.17) is 0 Å². The normalized spacial score (nSPS) is 10.3. The second-order valence-corrected chi connectivity index (χ2v) is 3.92. The maximum atomic E-state index is 11.9. The minimum absolute atomic E-state index is 0.184. The number of aromatic nitrogens is 4. The molecule has 2 N–H and O–H groups in total. The third-order valence-corrected chi connectivity index (χ3v) is 2.65. The van der Waals surface area contributed by atoms with Gasteiger partial charge in [0.05, 0.1) is 11.9 Å². The second kappa shape index (κ2) is 4.77. The number of hydrogen-bond donors (Lipinski definition) is 2. The molecule has 0 aliphatic rings. The number of benzene rings is 1. The van der Waals surface area contributed by atoms with E-state index in [1.54, 1.807) is 35.3 Å². The summed E-state index contributed by atoms with van der Waals surface area (Å²) in [6, 6.07) is 10.7. The minimum atomic E-state index is -0.184. The summed E-state index contributed by atoms with van der Waals surface area (Å²) in [5.74, 6) is 0.386. The molecular formula is C13H11N5O. The fourth-order valence-electron chi connectivity index (χ4n) is 1.71. The molecule has 6 nitrogen and oxygen atoms in total. The molecule has 0 saturated carbocycles. The molecule has 3 rings (SSSR count). The molecule has 0 fully saturated rings. The third kappa shape index (κ3) is 2.37. The van der Waals surface area contributed by atoms with E-state index >= 15 is 0 Å². The van der Waals surface area contributed by atoms with Crippen LogP contribution in [0, 0.1) is 0 Å². The van der Waals surface area contributed by atoms with Gasteiger partial charge < -0.3 is 5.32 Å². The number of hydrogen-bond acceptors (Lipinski definition) is 3. The first-order valence-corrected chi connectivity index (χ1v) is 5.74. The Kier molecular flexibility index (Phi) is 2.82. The lowest BCUT2D eigenvalue weighted by Gasteiger charge is -2.04. The van der Waals surface area contributed by atoms with E-state index in [-0.39, 0.29) is 5.91 Å². The van der Waals surface area contributed by atoms with Crippen molar-refractivity contribution in [2.45, 2.75) is 0 Å². The predicted molar refractivity (Wildman–Crippen MR) is 70.1 cm³/mol. The average Bonchev–Trinajstić information content (AvgIpc) is 3.12. The number of carbonyl (C=O) groups is 1. The fourth-order valence-corrected chi connectivity index (χ4v) is 1.71. The fraction of sp³-hybridized carbons (Fsp3) is 0. The Morgan fingerprint density at radius 2 is 2.00 bits per heavy atom. The molecule has 0 aliphatic heterocycles. The van der Waals surface area contributed by atoms with Crippen molar-refractivity contribution >= 4 is 11.7 Å². The quantitative estimate of drug-likeness (QED) is 0.748. The summed E-state index contributed by atoms with van der Waals surface area (Å²) in [6.45, 7) is 0. The van der Waals surface area contributed by atoms with Gasteiger partial charge in [0, 0.05) is 24.0 Å². The van der Waals surface area contributed by atoms with E-state index in [2.05, 4.69) is 20.6 Å². The lowest BCUT2D eigenvalue weighted by Crippen LogP contribution is -2.12. The van der Waals surface area contributed by atoms with E-state index in [0.717, 1.165) is 5.69 Å². The van der Waals surface area contributed by atoms with Crippen molar-refractivity contribution in [3.8, 4) is 5.69 Å². The number of amides is 1. The standard InChI is InChI=1S/C13H11N5O/c19-13(16-12-6-8-14-17-12)10-2-4-11(5-3-10)18-9-1-7-15-18/h1-9H,(H2,14,16,17,19). The van der Waals surface area contributed by atoms with Gasteiger partial charge >= 0.3 is 0 Å². The van der Waals surface area contributed by atoms with Gasteiger partial charge in [0.2, 0.25) is 0 Å². The molecule has 19 heavy (non-hydrogen) atoms. The highest BCUT2D eigenvalue weighted by Gasteiger charge is 2.06. The van der Waals surface area contributed by atoms with Gasteiger partial charge in [-0.3, -0.25) is 9.89 Å². The van der Waals surface area contributed by atoms with Crippen molar-refractivity contribution in [3.63, 3.8) is 0 Å². The van der Waals surface area contributed by atoms with Crippen molar-refractivity contribution in [2.24, 2.45) is 0 Å². The van der Waals surface area contributed by atoms with Gasteiger partial charge in [-0.25, -0.2) is 4.68 Å². The SMILES string of the molecule is O=C(Nc1ccn[nH]1)c1ccc(-n2cccn2)cc1. The van der Waals surface area contributed by atoms with E-state index in [1.165, 1.54) is 0 Å². The summed E-state index contributed by atoms with van der Waals surface area (Å²) >= 11 is 0. The van der Waals surface area contributed by atoms with Crippen LogP contribution in [0.1, 0.15) is 10.4 Å². The molecule has 3 aromatic rings. The maximum absolute atomic E-state index is 11.9. The molecule has 6 heteroatoms. The second-order valence-electron chi connectivity index (χ2n) is 3.92. The highest BCUT2D eigenvalue weighted by Crippen LogP contribution is 2.10. The Hall–Kier alpha value is -2.89. The first kappa shape index (κ1) is 11.2. The van der Waals surface area contributed by atoms with E-state index in [0.29, 0.717) is 11.4 Å². The Labute approximate surface area is 109 Å². The van der Waals surface area contributed by atoms with Crippen LogP contribution < -0.4 is 5.32 Å². The maximum Gasteiger partial charge on any atom is 0.256 e. The number of H-pyrrole nitrogens is 1. The molecule has 1 aromatic carbocycles. The van der Waals surface area contributed by atoms with Crippen LogP contribution in [0.15, 0.2) is 55.0 Å². The highest BCUT2D eigenvalue weighted by molar-refractivity contribution is 6.03. The summed E-state index contributed by atoms with van der Waals surface area (Å²) in [5.41, 5.74) is 1.48. The average molecular weight is 253 g/mol. The van der Waals surface area contributed by atoms with Gasteiger partial charge in [0.25, 0.3) is 5.91 Å². The minimum Gasteiger partial charge on any atom is -0.307 e. The zero-order chi connectivity index (χ0) is 13.1. The number of aromatic amines is 1. The Morgan fingerprint density at radius 1 is 1.16 bits per heavy atom. The number of rotatable bonds is 3. The summed E-state index contributed by atoms with van der Waals surface area (Å²) < 4.78 is 1.73. The Balaban J connectivity index is 1.77. The van der Waals surface area contributed by atoms with Gasteiger partial charge in [-0.05, 0) is 30.3 Å². The lowest BCUT2D eigenvalue weighted by atomic mass is 10.2. The van der Waals surface area contributed by atoms with Crippen molar-refractivity contribution < 1.29 is 4.79 Å². The molecule has 0 aliphatic carbocycles. The number of nitrogens with zero attached hydrogens (tertiary/aromatic N) is 3. The molecule has 0 radical (unpaired) electrons. The molecule has 0 unspecified atom stereocenters. The topological polar surface area (TPSA) is 75.6 Å². The lowest BCUT2D eigenvalue weighted by molar-refractivity contribution is 0.102. The van der Waals surface area contributed by atoms with Crippen LogP contribution in [0.25, 0.3) is 5.69 Å². The molecule has 2 heterocycles. The number of anilines is 1. The molecule has 94 valence electrons. The Bertz CT molecular complexity index is 656. The molecular weight excluding hydrogens is 242 g/mol. The van der Waals surface area contributed by atoms with Crippen molar-refractivity contribution in [2.75, 3.05) is 5.32 Å². The molecule has 1 amide bonds. The van der Waals surface area contributed by atoms with Crippen LogP contribution in [0.4, 0.5) is 5.82 Å². The van der Waals surface area contributed by atoms with Crippen molar-refractivity contribution in [1.82, 2.24) is 20.0 Å². The number of carbonyl (C=O) groups excluding carboxylic acids is 1. The largest absolute Gasteiger partial charge is 0.307 e. The van der Waals surface area contributed by atoms with Gasteiger partial charge in [0.1, 0.15) is 5.82 Å². The summed E-state index contributed by atoms with van der Waals surface area (Å²) in [6.07, 6.45) is 5.13. The van der Waals surface area contributed by atoms with Crippen LogP contribution >= 0.6 is 0 Å². The van der Waals surface area contributed by atoms with Gasteiger partial charge in [0.15, 0.2) is 0 Å². The summed E-state index contributed by atoms with van der Waals surface area (Å²) in [5, 5.41) is 13.3. The van der Waals surface area contributed by atoms with E-state index in [1.807, 2.05) is 24.4 Å².